The van der Waals surface area contributed by atoms with Crippen LogP contribution in [-0.2, 0) is 56.0 Å². The molecule has 0 aliphatic heterocycles. The molecule has 0 bridgehead atoms. The molecule has 0 aliphatic carbocycles. The van der Waals surface area contributed by atoms with E-state index in [2.05, 4.69) is 37.2 Å². The summed E-state index contributed by atoms with van der Waals surface area (Å²) in [6.07, 6.45) is 0.494. The van der Waals surface area contributed by atoms with Gasteiger partial charge in [0.25, 0.3) is 0 Å². The van der Waals surface area contributed by atoms with Gasteiger partial charge >= 0.3 is 11.9 Å². The average molecular weight is 940 g/mol. The second-order valence-electron chi connectivity index (χ2n) is 16.8. The molecule has 0 fully saturated rings. The summed E-state index contributed by atoms with van der Waals surface area (Å²) in [4.78, 5) is 118. The molecule has 21 nitrogen and oxygen atoms in total. The lowest BCUT2D eigenvalue weighted by Crippen LogP contribution is -2.61. The fraction of sp³-hybridized carbons (Fsp3) is 0.543. The number of amides is 7. The number of aliphatic hydroxyl groups is 1. The van der Waals surface area contributed by atoms with Crippen LogP contribution in [0.25, 0.3) is 0 Å². The van der Waals surface area contributed by atoms with Crippen LogP contribution < -0.4 is 48.7 Å². The summed E-state index contributed by atoms with van der Waals surface area (Å²) >= 11 is 0. The Morgan fingerprint density at radius 1 is 0.552 bits per heavy atom. The van der Waals surface area contributed by atoms with Gasteiger partial charge in [0.15, 0.2) is 0 Å². The van der Waals surface area contributed by atoms with E-state index in [0.717, 1.165) is 5.56 Å². The fourth-order valence-electron chi connectivity index (χ4n) is 6.72. The molecule has 2 aromatic rings. The van der Waals surface area contributed by atoms with Crippen molar-refractivity contribution in [2.45, 2.75) is 134 Å². The highest BCUT2D eigenvalue weighted by Crippen LogP contribution is 2.13. The van der Waals surface area contributed by atoms with Gasteiger partial charge in [0.1, 0.15) is 42.3 Å². The molecule has 0 heterocycles. The van der Waals surface area contributed by atoms with Crippen molar-refractivity contribution in [3.63, 3.8) is 0 Å². The largest absolute Gasteiger partial charge is 0.481 e. The van der Waals surface area contributed by atoms with Crippen LogP contribution in [0.4, 0.5) is 0 Å². The Morgan fingerprint density at radius 3 is 1.57 bits per heavy atom. The highest BCUT2D eigenvalue weighted by atomic mass is 16.4. The lowest BCUT2D eigenvalue weighted by Gasteiger charge is -2.30. The summed E-state index contributed by atoms with van der Waals surface area (Å²) in [6, 6.07) is 7.05. The molecule has 67 heavy (non-hydrogen) atoms. The molecule has 21 heteroatoms. The van der Waals surface area contributed by atoms with Crippen molar-refractivity contribution in [3.8, 4) is 0 Å². The van der Waals surface area contributed by atoms with E-state index >= 15 is 0 Å². The Hall–Kier alpha value is -6.45. The first-order valence-corrected chi connectivity index (χ1v) is 22.4. The summed E-state index contributed by atoms with van der Waals surface area (Å²) in [5.41, 5.74) is 13.3. The second kappa shape index (κ2) is 29.2. The van der Waals surface area contributed by atoms with E-state index in [9.17, 15) is 53.4 Å². The predicted molar refractivity (Wildman–Crippen MR) is 246 cm³/mol. The number of hydrogen-bond acceptors (Lipinski definition) is 12. The van der Waals surface area contributed by atoms with E-state index in [0.29, 0.717) is 24.8 Å². The monoisotopic (exact) mass is 940 g/mol. The zero-order valence-corrected chi connectivity index (χ0v) is 38.8. The molecule has 370 valence electrons. The summed E-state index contributed by atoms with van der Waals surface area (Å²) < 4.78 is 0. The zero-order chi connectivity index (χ0) is 50.2. The molecule has 2 rings (SSSR count). The number of carbonyl (C=O) groups is 9. The molecule has 9 atom stereocenters. The minimum Gasteiger partial charge on any atom is -0.481 e. The number of carboxylic acids is 2. The van der Waals surface area contributed by atoms with Crippen molar-refractivity contribution in [2.24, 2.45) is 23.3 Å². The van der Waals surface area contributed by atoms with E-state index in [4.69, 9.17) is 16.6 Å². The van der Waals surface area contributed by atoms with Crippen LogP contribution in [-0.4, -0.2) is 130 Å². The van der Waals surface area contributed by atoms with Gasteiger partial charge < -0.3 is 64.0 Å². The molecule has 0 unspecified atom stereocenters. The Labute approximate surface area is 390 Å². The van der Waals surface area contributed by atoms with Crippen LogP contribution in [0.1, 0.15) is 84.3 Å². The van der Waals surface area contributed by atoms with Crippen molar-refractivity contribution in [1.29, 1.82) is 0 Å². The third-order valence-electron chi connectivity index (χ3n) is 11.0. The number of benzene rings is 2. The van der Waals surface area contributed by atoms with Gasteiger partial charge in [-0.2, -0.15) is 0 Å². The number of unbranched alkanes of at least 4 members (excludes halogenated alkanes) is 1. The first-order valence-electron chi connectivity index (χ1n) is 22.4. The first kappa shape index (κ1) is 56.7. The summed E-state index contributed by atoms with van der Waals surface area (Å²) in [6.45, 7) is 7.55. The van der Waals surface area contributed by atoms with E-state index in [-0.39, 0.29) is 31.7 Å². The lowest BCUT2D eigenvalue weighted by molar-refractivity contribution is -0.143. The molecule has 2 aromatic carbocycles. The number of nitrogens with two attached hydrogens (primary N) is 2. The highest BCUT2D eigenvalue weighted by molar-refractivity contribution is 5.97. The van der Waals surface area contributed by atoms with Gasteiger partial charge in [-0.25, -0.2) is 4.79 Å². The smallest absolute Gasteiger partial charge is 0.326 e. The van der Waals surface area contributed by atoms with Gasteiger partial charge in [-0.05, 0) is 68.5 Å². The molecule has 14 N–H and O–H groups in total. The molecule has 0 radical (unpaired) electrons. The predicted octanol–water partition coefficient (Wildman–Crippen LogP) is -1.01. The lowest BCUT2D eigenvalue weighted by atomic mass is 9.95. The Kier molecular flexibility index (Phi) is 24.7. The summed E-state index contributed by atoms with van der Waals surface area (Å²) in [5, 5.41) is 46.4. The van der Waals surface area contributed by atoms with Crippen LogP contribution in [0.3, 0.4) is 0 Å². The maximum atomic E-state index is 13.9. The van der Waals surface area contributed by atoms with Crippen LogP contribution in [0.5, 0.6) is 0 Å². The van der Waals surface area contributed by atoms with Crippen molar-refractivity contribution in [2.75, 3.05) is 13.2 Å². The normalized spacial score (nSPS) is 15.1. The number of carbonyl (C=O) groups excluding carboxylic acids is 7. The Bertz CT molecular complexity index is 1960. The molecule has 7 amide bonds. The minimum absolute atomic E-state index is 0.0425. The summed E-state index contributed by atoms with van der Waals surface area (Å²) in [5.74, 6) is -9.30. The number of carboxylic acid groups (broad SMARTS) is 2. The Balaban J connectivity index is 2.20. The van der Waals surface area contributed by atoms with Crippen LogP contribution in [0, 0.1) is 11.8 Å². The van der Waals surface area contributed by atoms with Gasteiger partial charge in [0.2, 0.25) is 41.4 Å². The maximum Gasteiger partial charge on any atom is 0.326 e. The topological polar surface area (TPSA) is 351 Å². The van der Waals surface area contributed by atoms with Crippen LogP contribution in [0.2, 0.25) is 0 Å². The van der Waals surface area contributed by atoms with Crippen molar-refractivity contribution in [1.82, 2.24) is 37.2 Å². The van der Waals surface area contributed by atoms with Gasteiger partial charge in [-0.3, -0.25) is 38.4 Å². The van der Waals surface area contributed by atoms with Gasteiger partial charge in [-0.15, -0.1) is 0 Å². The van der Waals surface area contributed by atoms with Crippen LogP contribution >= 0.6 is 0 Å². The third kappa shape index (κ3) is 19.9. The quantitative estimate of drug-likeness (QED) is 0.0418. The van der Waals surface area contributed by atoms with Gasteiger partial charge in [-0.1, -0.05) is 94.8 Å². The minimum atomic E-state index is -1.64. The zero-order valence-electron chi connectivity index (χ0n) is 38.8. The van der Waals surface area contributed by atoms with Crippen molar-refractivity contribution >= 4 is 53.3 Å². The van der Waals surface area contributed by atoms with E-state index < -0.39 is 127 Å². The SMILES string of the molecule is CC[C@H](C)[C@H](NC(=O)[C@@H](N)Cc1ccccc1)C(=O)N[C@H](C(=O)N[C@@H](CCCCN)C(=O)N[C@@H](CO)C(=O)N[C@@H](C)C(=O)N[C@@H](Cc1ccccc1)C(=O)N[C@@H](CCC(=O)O)C(=O)O)C(C)C. The van der Waals surface area contributed by atoms with Gasteiger partial charge in [0, 0.05) is 12.8 Å². The van der Waals surface area contributed by atoms with E-state index in [1.54, 1.807) is 51.1 Å². The number of nitrogens with one attached hydrogen (secondary N) is 7. The molecular weight excluding hydrogens is 871 g/mol. The molecule has 0 saturated heterocycles. The second-order valence-corrected chi connectivity index (χ2v) is 16.8. The maximum absolute atomic E-state index is 13.9. The molecular formula is C46H69N9O12. The highest BCUT2D eigenvalue weighted by Gasteiger charge is 2.35. The van der Waals surface area contributed by atoms with E-state index in [1.165, 1.54) is 6.92 Å². The third-order valence-corrected chi connectivity index (χ3v) is 11.0. The van der Waals surface area contributed by atoms with Crippen molar-refractivity contribution in [3.05, 3.63) is 71.8 Å². The molecule has 0 spiro atoms. The number of aliphatic hydroxyl groups excluding tert-OH is 1. The van der Waals surface area contributed by atoms with Crippen molar-refractivity contribution < 1.29 is 58.5 Å². The summed E-state index contributed by atoms with van der Waals surface area (Å²) in [7, 11) is 0. The standard InChI is InChI=1S/C46H69N9O12/c1-6-27(4)38(55-40(60)31(48)23-29-15-9-7-10-16-29)45(65)54-37(26(2)3)44(64)50-32(19-13-14-22-47)41(61)53-35(25-56)43(63)49-28(5)39(59)52-34(24-30-17-11-8-12-18-30)42(62)51-33(46(66)67)20-21-36(57)58/h7-12,15-18,26-28,31-35,37-38,56H,6,13-14,19-25,47-48H2,1-5H3,(H,49,63)(H,50,64)(H,51,62)(H,52,59)(H,53,61)(H,54,65)(H,55,60)(H,57,58)(H,66,67)/t27-,28-,31-,32-,33-,34-,35-,37-,38-/m0/s1. The molecule has 0 saturated carbocycles. The number of rotatable bonds is 30. The molecule has 0 aromatic heterocycles. The van der Waals surface area contributed by atoms with E-state index in [1.807, 2.05) is 37.3 Å². The first-order chi connectivity index (χ1) is 31.7. The average Bonchev–Trinajstić information content (AvgIpc) is 3.29. The Morgan fingerprint density at radius 2 is 1.04 bits per heavy atom. The van der Waals surface area contributed by atoms with Crippen LogP contribution in [0.15, 0.2) is 60.7 Å². The fourth-order valence-corrected chi connectivity index (χ4v) is 6.72. The van der Waals surface area contributed by atoms with Gasteiger partial charge in [0.05, 0.1) is 12.6 Å². The number of aliphatic carboxylic acids is 2. The number of hydrogen-bond donors (Lipinski definition) is 12. The molecule has 0 aliphatic rings.